The van der Waals surface area contributed by atoms with Gasteiger partial charge in [-0.3, -0.25) is 0 Å². The Bertz CT molecular complexity index is 845. The van der Waals surface area contributed by atoms with E-state index in [0.717, 1.165) is 42.3 Å². The highest BCUT2D eigenvalue weighted by Gasteiger charge is 2.39. The Labute approximate surface area is 134 Å². The summed E-state index contributed by atoms with van der Waals surface area (Å²) in [6.07, 6.45) is 2.91. The number of furan rings is 1. The van der Waals surface area contributed by atoms with Crippen LogP contribution in [0.3, 0.4) is 0 Å². The first-order valence-corrected chi connectivity index (χ1v) is 7.85. The normalized spacial score (nSPS) is 16.9. The van der Waals surface area contributed by atoms with Crippen molar-refractivity contribution in [2.45, 2.75) is 31.3 Å². The van der Waals surface area contributed by atoms with Gasteiger partial charge in [0, 0.05) is 17.5 Å². The second-order valence-corrected chi connectivity index (χ2v) is 6.58. The van der Waals surface area contributed by atoms with Gasteiger partial charge in [-0.2, -0.15) is 4.98 Å². The molecule has 0 aliphatic heterocycles. The van der Waals surface area contributed by atoms with Gasteiger partial charge in [-0.15, -0.1) is 0 Å². The molecule has 4 rings (SSSR count). The zero-order chi connectivity index (χ0) is 16.0. The third-order valence-corrected chi connectivity index (χ3v) is 4.48. The van der Waals surface area contributed by atoms with Gasteiger partial charge < -0.3 is 19.6 Å². The van der Waals surface area contributed by atoms with E-state index < -0.39 is 5.54 Å². The van der Waals surface area contributed by atoms with Crippen LogP contribution in [-0.4, -0.2) is 29.1 Å². The van der Waals surface area contributed by atoms with Crippen LogP contribution in [0.4, 0.5) is 0 Å². The van der Waals surface area contributed by atoms with E-state index in [2.05, 4.69) is 21.1 Å². The molecule has 0 bridgehead atoms. The molecule has 1 aromatic carbocycles. The van der Waals surface area contributed by atoms with Gasteiger partial charge in [0.25, 0.3) is 5.89 Å². The molecule has 0 unspecified atom stereocenters. The summed E-state index contributed by atoms with van der Waals surface area (Å²) in [5.41, 5.74) is 7.73. The molecule has 3 aromatic rings. The maximum atomic E-state index is 6.29. The molecule has 120 valence electrons. The zero-order valence-corrected chi connectivity index (χ0v) is 13.4. The average molecular weight is 312 g/mol. The molecular formula is C17H20N4O2. The summed E-state index contributed by atoms with van der Waals surface area (Å²) in [5, 5.41) is 5.16. The van der Waals surface area contributed by atoms with Crippen molar-refractivity contribution in [1.82, 2.24) is 15.0 Å². The predicted molar refractivity (Wildman–Crippen MR) is 86.6 cm³/mol. The summed E-state index contributed by atoms with van der Waals surface area (Å²) in [6.45, 7) is 0.734. The molecule has 0 amide bonds. The van der Waals surface area contributed by atoms with Gasteiger partial charge in [0.15, 0.2) is 11.6 Å². The molecule has 6 nitrogen and oxygen atoms in total. The highest BCUT2D eigenvalue weighted by molar-refractivity contribution is 5.86. The minimum atomic E-state index is -0.435. The second kappa shape index (κ2) is 5.18. The smallest absolute Gasteiger partial charge is 0.294 e. The first kappa shape index (κ1) is 14.4. The van der Waals surface area contributed by atoms with E-state index >= 15 is 0 Å². The standard InChI is InChI=1S/C17H20N4O2/c1-21(2)10-12-11-6-3-4-7-13(11)22-14(12)15-19-16(20-23-15)17(18)8-5-9-17/h3-4,6-7H,5,8-10,18H2,1-2H3. The number of hydrogen-bond acceptors (Lipinski definition) is 6. The van der Waals surface area contributed by atoms with E-state index in [1.165, 1.54) is 0 Å². The molecule has 2 heterocycles. The van der Waals surface area contributed by atoms with E-state index in [1.807, 2.05) is 32.3 Å². The average Bonchev–Trinajstić information content (AvgIpc) is 3.10. The molecule has 1 fully saturated rings. The number of hydrogen-bond donors (Lipinski definition) is 1. The van der Waals surface area contributed by atoms with Crippen LogP contribution in [0.1, 0.15) is 30.7 Å². The summed E-state index contributed by atoms with van der Waals surface area (Å²) < 4.78 is 11.5. The molecule has 6 heteroatoms. The minimum absolute atomic E-state index is 0.407. The van der Waals surface area contributed by atoms with E-state index in [-0.39, 0.29) is 0 Å². The van der Waals surface area contributed by atoms with Crippen molar-refractivity contribution in [2.75, 3.05) is 14.1 Å². The molecular weight excluding hydrogens is 292 g/mol. The lowest BCUT2D eigenvalue weighted by atomic mass is 9.77. The summed E-state index contributed by atoms with van der Waals surface area (Å²) in [4.78, 5) is 6.61. The van der Waals surface area contributed by atoms with Gasteiger partial charge in [-0.1, -0.05) is 23.4 Å². The molecule has 0 spiro atoms. The van der Waals surface area contributed by atoms with Crippen molar-refractivity contribution >= 4 is 11.0 Å². The largest absolute Gasteiger partial charge is 0.451 e. The van der Waals surface area contributed by atoms with Gasteiger partial charge in [-0.25, -0.2) is 0 Å². The molecule has 23 heavy (non-hydrogen) atoms. The maximum absolute atomic E-state index is 6.29. The molecule has 0 saturated heterocycles. The van der Waals surface area contributed by atoms with Gasteiger partial charge in [0.05, 0.1) is 5.54 Å². The van der Waals surface area contributed by atoms with E-state index in [1.54, 1.807) is 0 Å². The monoisotopic (exact) mass is 312 g/mol. The Balaban J connectivity index is 1.81. The fourth-order valence-electron chi connectivity index (χ4n) is 3.04. The van der Waals surface area contributed by atoms with Crippen LogP contribution in [0.5, 0.6) is 0 Å². The summed E-state index contributed by atoms with van der Waals surface area (Å²) in [5.74, 6) is 1.63. The molecule has 1 saturated carbocycles. The van der Waals surface area contributed by atoms with Crippen molar-refractivity contribution in [3.05, 3.63) is 35.7 Å². The van der Waals surface area contributed by atoms with Crippen molar-refractivity contribution < 1.29 is 8.94 Å². The predicted octanol–water partition coefficient (Wildman–Crippen LogP) is 2.88. The Kier molecular flexibility index (Phi) is 3.25. The molecule has 0 atom stereocenters. The van der Waals surface area contributed by atoms with Crippen LogP contribution < -0.4 is 5.73 Å². The number of nitrogens with zero attached hydrogens (tertiary/aromatic N) is 3. The summed E-state index contributed by atoms with van der Waals surface area (Å²) >= 11 is 0. The fourth-order valence-corrected chi connectivity index (χ4v) is 3.04. The number of nitrogens with two attached hydrogens (primary N) is 1. The van der Waals surface area contributed by atoms with Crippen molar-refractivity contribution in [1.29, 1.82) is 0 Å². The van der Waals surface area contributed by atoms with Gasteiger partial charge in [0.1, 0.15) is 5.58 Å². The fraction of sp³-hybridized carbons (Fsp3) is 0.412. The lowest BCUT2D eigenvalue weighted by molar-refractivity contribution is 0.229. The number of aromatic nitrogens is 2. The van der Waals surface area contributed by atoms with Gasteiger partial charge in [0.2, 0.25) is 0 Å². The third-order valence-electron chi connectivity index (χ3n) is 4.48. The number of fused-ring (bicyclic) bond motifs is 1. The SMILES string of the molecule is CN(C)Cc1c(-c2nc(C3(N)CCC3)no2)oc2ccccc12. The van der Waals surface area contributed by atoms with Crippen LogP contribution in [0.15, 0.2) is 33.2 Å². The summed E-state index contributed by atoms with van der Waals surface area (Å²) in [6, 6.07) is 7.96. The minimum Gasteiger partial charge on any atom is -0.451 e. The van der Waals surface area contributed by atoms with E-state index in [9.17, 15) is 0 Å². The Morgan fingerprint density at radius 2 is 2.04 bits per heavy atom. The molecule has 1 aliphatic rings. The van der Waals surface area contributed by atoms with Crippen molar-refractivity contribution in [2.24, 2.45) is 5.73 Å². The maximum Gasteiger partial charge on any atom is 0.294 e. The first-order chi connectivity index (χ1) is 11.1. The van der Waals surface area contributed by atoms with Gasteiger partial charge in [-0.05, 0) is 39.4 Å². The van der Waals surface area contributed by atoms with E-state index in [0.29, 0.717) is 17.5 Å². The molecule has 2 aromatic heterocycles. The molecule has 0 radical (unpaired) electrons. The lowest BCUT2D eigenvalue weighted by Gasteiger charge is -2.34. The zero-order valence-electron chi connectivity index (χ0n) is 13.4. The number of rotatable bonds is 4. The van der Waals surface area contributed by atoms with Crippen LogP contribution in [0.25, 0.3) is 22.6 Å². The van der Waals surface area contributed by atoms with Crippen LogP contribution in [0, 0.1) is 0 Å². The highest BCUT2D eigenvalue weighted by atomic mass is 16.5. The topological polar surface area (TPSA) is 81.3 Å². The van der Waals surface area contributed by atoms with Crippen molar-refractivity contribution in [3.8, 4) is 11.7 Å². The second-order valence-electron chi connectivity index (χ2n) is 6.58. The van der Waals surface area contributed by atoms with E-state index in [4.69, 9.17) is 14.7 Å². The number of benzene rings is 1. The molecule has 1 aliphatic carbocycles. The lowest BCUT2D eigenvalue weighted by Crippen LogP contribution is -2.44. The molecule has 2 N–H and O–H groups in total. The summed E-state index contributed by atoms with van der Waals surface area (Å²) in [7, 11) is 4.04. The highest BCUT2D eigenvalue weighted by Crippen LogP contribution is 2.39. The Morgan fingerprint density at radius 1 is 1.26 bits per heavy atom. The van der Waals surface area contributed by atoms with Crippen LogP contribution in [-0.2, 0) is 12.1 Å². The quantitative estimate of drug-likeness (QED) is 0.797. The van der Waals surface area contributed by atoms with Crippen molar-refractivity contribution in [3.63, 3.8) is 0 Å². The third kappa shape index (κ3) is 2.34. The van der Waals surface area contributed by atoms with Gasteiger partial charge >= 0.3 is 0 Å². The van der Waals surface area contributed by atoms with Crippen LogP contribution in [0.2, 0.25) is 0 Å². The van der Waals surface area contributed by atoms with Crippen LogP contribution >= 0.6 is 0 Å². The Hall–Kier alpha value is -2.18. The first-order valence-electron chi connectivity index (χ1n) is 7.85. The number of para-hydroxylation sites is 1. The Morgan fingerprint density at radius 3 is 2.74 bits per heavy atom.